The normalized spacial score (nSPS) is 11.3. The predicted molar refractivity (Wildman–Crippen MR) is 80.4 cm³/mol. The molecular weight excluding hydrogens is 257 g/mol. The molecule has 4 nitrogen and oxygen atoms in total. The molecule has 1 N–H and O–H groups in total. The minimum atomic E-state index is -3.23. The van der Waals surface area contributed by atoms with E-state index in [1.807, 2.05) is 6.07 Å². The fourth-order valence-electron chi connectivity index (χ4n) is 1.85. The summed E-state index contributed by atoms with van der Waals surface area (Å²) >= 11 is 0. The predicted octanol–water partition coefficient (Wildman–Crippen LogP) is 2.50. The van der Waals surface area contributed by atoms with Crippen LogP contribution in [0.25, 0.3) is 11.0 Å². The van der Waals surface area contributed by atoms with E-state index < -0.39 is 10.0 Å². The van der Waals surface area contributed by atoms with Crippen LogP contribution in [-0.4, -0.2) is 33.5 Å². The minimum absolute atomic E-state index is 0. The number of sulfonamides is 1. The van der Waals surface area contributed by atoms with Crippen molar-refractivity contribution in [2.45, 2.75) is 26.2 Å². The van der Waals surface area contributed by atoms with Crippen LogP contribution in [0.1, 0.15) is 25.5 Å². The van der Waals surface area contributed by atoms with Crippen LogP contribution in [0.3, 0.4) is 0 Å². The maximum atomic E-state index is 11.1. The fraction of sp³-hybridized carbons (Fsp3) is 0.385. The summed E-state index contributed by atoms with van der Waals surface area (Å²) in [5.41, 5.74) is 1.35. The molecule has 1 heterocycles. The van der Waals surface area contributed by atoms with Gasteiger partial charge in [0.15, 0.2) is 0 Å². The Morgan fingerprint density at radius 3 is 2.63 bits per heavy atom. The third-order valence-electron chi connectivity index (χ3n) is 2.65. The van der Waals surface area contributed by atoms with Crippen LogP contribution in [0.4, 0.5) is 5.69 Å². The Bertz CT molecular complexity index is 649. The first kappa shape index (κ1) is 16.2. The monoisotopic (exact) mass is 275 g/mol. The van der Waals surface area contributed by atoms with Gasteiger partial charge in [-0.15, -0.1) is 0 Å². The number of fused-ring (bicyclic) bond motifs is 1. The summed E-state index contributed by atoms with van der Waals surface area (Å²) in [5, 5.41) is 0.926. The number of aryl methyl sites for hydroxylation is 1. The van der Waals surface area contributed by atoms with Crippen molar-refractivity contribution in [1.82, 2.24) is 0 Å². The van der Waals surface area contributed by atoms with Gasteiger partial charge in [-0.3, -0.25) is 4.72 Å². The first-order valence-electron chi connectivity index (χ1n) is 5.98. The fourth-order valence-corrected chi connectivity index (χ4v) is 2.41. The second kappa shape index (κ2) is 6.51. The van der Waals surface area contributed by atoms with Crippen LogP contribution in [0, 0.1) is 0 Å². The molecule has 0 spiro atoms. The maximum absolute atomic E-state index is 11.1. The molecule has 1 aromatic carbocycles. The van der Waals surface area contributed by atoms with Gasteiger partial charge in [0.2, 0.25) is 10.0 Å². The summed E-state index contributed by atoms with van der Waals surface area (Å²) in [6.45, 7) is 2.14. The van der Waals surface area contributed by atoms with Gasteiger partial charge in [-0.1, -0.05) is 13.3 Å². The number of furan rings is 1. The van der Waals surface area contributed by atoms with Gasteiger partial charge in [-0.05, 0) is 30.7 Å². The molecule has 0 aliphatic heterocycles. The Hall–Kier alpha value is -0.893. The van der Waals surface area contributed by atoms with Gasteiger partial charge in [0, 0.05) is 17.5 Å². The zero-order valence-corrected chi connectivity index (χ0v) is 11.4. The number of nitrogens with one attached hydrogen (secondary N) is 1. The third-order valence-corrected chi connectivity index (χ3v) is 3.25. The summed E-state index contributed by atoms with van der Waals surface area (Å²) in [6.07, 6.45) is 4.27. The summed E-state index contributed by atoms with van der Waals surface area (Å²) in [7, 11) is -3.23. The van der Waals surface area contributed by atoms with Gasteiger partial charge < -0.3 is 4.42 Å². The quantitative estimate of drug-likeness (QED) is 0.853. The van der Waals surface area contributed by atoms with Crippen LogP contribution in [0.5, 0.6) is 0 Å². The van der Waals surface area contributed by atoms with Crippen molar-refractivity contribution in [2.24, 2.45) is 0 Å². The van der Waals surface area contributed by atoms with Gasteiger partial charge in [0.05, 0.1) is 6.26 Å². The molecule has 0 bridgehead atoms. The van der Waals surface area contributed by atoms with Crippen LogP contribution in [0.15, 0.2) is 28.7 Å². The first-order valence-corrected chi connectivity index (χ1v) is 7.87. The van der Waals surface area contributed by atoms with Crippen molar-refractivity contribution < 1.29 is 12.8 Å². The van der Waals surface area contributed by atoms with E-state index in [1.54, 1.807) is 18.2 Å². The number of rotatable bonds is 5. The SMILES string of the molecule is CCCCc1cc2cc(NS(C)(=O)=O)ccc2o1.[LiH]. The van der Waals surface area contributed by atoms with Crippen molar-refractivity contribution in [3.05, 3.63) is 30.0 Å². The standard InChI is InChI=1S/C13H17NO3S.Li.H/c1-3-4-5-12-9-10-8-11(14-18(2,15)16)6-7-13(10)17-12;;/h6-9,14H,3-5H2,1-2H3;;. The Labute approximate surface area is 125 Å². The van der Waals surface area contributed by atoms with Crippen LogP contribution >= 0.6 is 0 Å². The van der Waals surface area contributed by atoms with E-state index in [-0.39, 0.29) is 18.9 Å². The van der Waals surface area contributed by atoms with Crippen LogP contribution < -0.4 is 4.72 Å². The van der Waals surface area contributed by atoms with E-state index in [1.165, 1.54) is 0 Å². The van der Waals surface area contributed by atoms with E-state index in [2.05, 4.69) is 11.6 Å². The molecule has 19 heavy (non-hydrogen) atoms. The van der Waals surface area contributed by atoms with E-state index >= 15 is 0 Å². The first-order chi connectivity index (χ1) is 8.48. The number of hydrogen-bond acceptors (Lipinski definition) is 3. The summed E-state index contributed by atoms with van der Waals surface area (Å²) in [5.74, 6) is 0.948. The zero-order valence-electron chi connectivity index (χ0n) is 10.6. The zero-order chi connectivity index (χ0) is 13.2. The topological polar surface area (TPSA) is 59.3 Å². The molecule has 2 aromatic rings. The summed E-state index contributed by atoms with van der Waals surface area (Å²) < 4.78 is 30.4. The average molecular weight is 275 g/mol. The van der Waals surface area contributed by atoms with Crippen molar-refractivity contribution in [2.75, 3.05) is 11.0 Å². The van der Waals surface area contributed by atoms with Crippen molar-refractivity contribution >= 4 is 45.5 Å². The number of benzene rings is 1. The van der Waals surface area contributed by atoms with E-state index in [0.717, 1.165) is 42.2 Å². The Balaban J connectivity index is 0.00000180. The molecule has 0 saturated carbocycles. The second-order valence-corrected chi connectivity index (χ2v) is 6.19. The molecule has 0 atom stereocenters. The number of hydrogen-bond donors (Lipinski definition) is 1. The summed E-state index contributed by atoms with van der Waals surface area (Å²) in [4.78, 5) is 0. The molecule has 0 aliphatic rings. The Morgan fingerprint density at radius 1 is 1.26 bits per heavy atom. The van der Waals surface area contributed by atoms with Crippen molar-refractivity contribution in [1.29, 1.82) is 0 Å². The Morgan fingerprint density at radius 2 is 2.00 bits per heavy atom. The second-order valence-electron chi connectivity index (χ2n) is 4.44. The van der Waals surface area contributed by atoms with E-state index in [9.17, 15) is 8.42 Å². The molecule has 0 amide bonds. The van der Waals surface area contributed by atoms with Gasteiger partial charge in [0.1, 0.15) is 11.3 Å². The van der Waals surface area contributed by atoms with E-state index in [0.29, 0.717) is 5.69 Å². The number of unbranched alkanes of at least 4 members (excludes halogenated alkanes) is 1. The molecule has 6 heteroatoms. The van der Waals surface area contributed by atoms with Gasteiger partial charge in [0.25, 0.3) is 0 Å². The van der Waals surface area contributed by atoms with E-state index in [4.69, 9.17) is 4.42 Å². The molecular formula is C13H18LiNO3S. The van der Waals surface area contributed by atoms with Gasteiger partial charge >= 0.3 is 18.9 Å². The average Bonchev–Trinajstić information content (AvgIpc) is 2.66. The summed E-state index contributed by atoms with van der Waals surface area (Å²) in [6, 6.07) is 7.25. The molecule has 0 fully saturated rings. The molecule has 0 unspecified atom stereocenters. The van der Waals surface area contributed by atoms with Crippen LogP contribution in [-0.2, 0) is 16.4 Å². The molecule has 0 radical (unpaired) electrons. The van der Waals surface area contributed by atoms with Crippen molar-refractivity contribution in [3.8, 4) is 0 Å². The number of anilines is 1. The Kier molecular flexibility index (Phi) is 5.54. The van der Waals surface area contributed by atoms with Gasteiger partial charge in [-0.25, -0.2) is 8.42 Å². The van der Waals surface area contributed by atoms with Crippen LogP contribution in [0.2, 0.25) is 0 Å². The molecule has 1 aromatic heterocycles. The van der Waals surface area contributed by atoms with Gasteiger partial charge in [-0.2, -0.15) is 0 Å². The van der Waals surface area contributed by atoms with Crippen molar-refractivity contribution in [3.63, 3.8) is 0 Å². The molecule has 0 aliphatic carbocycles. The molecule has 2 rings (SSSR count). The molecule has 100 valence electrons. The molecule has 0 saturated heterocycles. The third kappa shape index (κ3) is 4.61.